The lowest BCUT2D eigenvalue weighted by molar-refractivity contribution is -0.255. The van der Waals surface area contributed by atoms with Gasteiger partial charge in [-0.1, -0.05) is 12.6 Å². The van der Waals surface area contributed by atoms with E-state index in [1.165, 1.54) is 0 Å². The van der Waals surface area contributed by atoms with Crippen molar-refractivity contribution in [3.05, 3.63) is 41.5 Å². The predicted molar refractivity (Wildman–Crippen MR) is 72.4 cm³/mol. The van der Waals surface area contributed by atoms with Crippen LogP contribution in [0.15, 0.2) is 30.4 Å². The molecule has 6 heteroatoms. The van der Waals surface area contributed by atoms with Crippen LogP contribution in [-0.4, -0.2) is 11.6 Å². The van der Waals surface area contributed by atoms with Crippen molar-refractivity contribution in [3.8, 4) is 5.75 Å². The summed E-state index contributed by atoms with van der Waals surface area (Å²) in [7, 11) is 0. The van der Waals surface area contributed by atoms with Crippen LogP contribution in [0.5, 0.6) is 5.75 Å². The van der Waals surface area contributed by atoms with Crippen molar-refractivity contribution in [1.29, 1.82) is 0 Å². The zero-order valence-corrected chi connectivity index (χ0v) is 12.1. The Bertz CT molecular complexity index is 599. The number of carbonyl (C=O) groups is 1. The number of carboxylic acids is 1. The van der Waals surface area contributed by atoms with Crippen molar-refractivity contribution in [2.45, 2.75) is 44.4 Å². The largest absolute Gasteiger partial charge is 0.545 e. The minimum absolute atomic E-state index is 0.349. The topological polar surface area (TPSA) is 49.4 Å². The standard InChI is InChI=1S/C16H17F3O3/c1-10(2)15(7-3-4-8-15)22-13-9-11(14(20)21)5-6-12(13)16(17,18)19/h5-6,9H,1,3-4,7-8H2,2H3,(H,20,21)/p-1. The second-order valence-corrected chi connectivity index (χ2v) is 5.58. The van der Waals surface area contributed by atoms with Crippen molar-refractivity contribution in [2.75, 3.05) is 0 Å². The summed E-state index contributed by atoms with van der Waals surface area (Å²) in [6.07, 6.45) is -1.85. The van der Waals surface area contributed by atoms with Gasteiger partial charge in [-0.25, -0.2) is 0 Å². The average molecular weight is 313 g/mol. The van der Waals surface area contributed by atoms with E-state index in [4.69, 9.17) is 4.74 Å². The molecule has 0 aliphatic heterocycles. The van der Waals surface area contributed by atoms with Crippen LogP contribution in [0.3, 0.4) is 0 Å². The van der Waals surface area contributed by atoms with Gasteiger partial charge < -0.3 is 14.6 Å². The van der Waals surface area contributed by atoms with Gasteiger partial charge in [-0.05, 0) is 50.3 Å². The SMILES string of the molecule is C=C(C)C1(Oc2cc(C(=O)[O-])ccc2C(F)(F)F)CCCC1. The van der Waals surface area contributed by atoms with Gasteiger partial charge in [-0.15, -0.1) is 0 Å². The van der Waals surface area contributed by atoms with Gasteiger partial charge in [0.1, 0.15) is 11.4 Å². The Morgan fingerprint density at radius 3 is 2.36 bits per heavy atom. The quantitative estimate of drug-likeness (QED) is 0.801. The molecule has 1 saturated carbocycles. The number of rotatable bonds is 4. The normalized spacial score (nSPS) is 17.3. The molecule has 0 amide bonds. The number of aromatic carboxylic acids is 1. The van der Waals surface area contributed by atoms with E-state index in [1.54, 1.807) is 6.92 Å². The molecule has 1 aliphatic rings. The second-order valence-electron chi connectivity index (χ2n) is 5.58. The highest BCUT2D eigenvalue weighted by atomic mass is 19.4. The minimum atomic E-state index is -4.63. The van der Waals surface area contributed by atoms with Crippen molar-refractivity contribution in [3.63, 3.8) is 0 Å². The van der Waals surface area contributed by atoms with Crippen molar-refractivity contribution in [2.24, 2.45) is 0 Å². The maximum absolute atomic E-state index is 13.1. The van der Waals surface area contributed by atoms with Gasteiger partial charge >= 0.3 is 6.18 Å². The summed E-state index contributed by atoms with van der Waals surface area (Å²) in [6, 6.07) is 2.45. The van der Waals surface area contributed by atoms with Crippen molar-refractivity contribution >= 4 is 5.97 Å². The lowest BCUT2D eigenvalue weighted by Crippen LogP contribution is -2.34. The van der Waals surface area contributed by atoms with Gasteiger partial charge in [0.15, 0.2) is 0 Å². The van der Waals surface area contributed by atoms with E-state index < -0.39 is 29.1 Å². The Balaban J connectivity index is 2.49. The Morgan fingerprint density at radius 1 is 1.32 bits per heavy atom. The molecule has 1 aromatic rings. The Labute approximate surface area is 126 Å². The van der Waals surface area contributed by atoms with Gasteiger partial charge in [-0.2, -0.15) is 13.2 Å². The van der Waals surface area contributed by atoms with E-state index in [0.717, 1.165) is 25.0 Å². The summed E-state index contributed by atoms with van der Waals surface area (Å²) in [4.78, 5) is 10.9. The third-order valence-electron chi connectivity index (χ3n) is 4.02. The molecule has 2 rings (SSSR count). The van der Waals surface area contributed by atoms with Crippen LogP contribution in [0.1, 0.15) is 48.5 Å². The molecule has 120 valence electrons. The summed E-state index contributed by atoms with van der Waals surface area (Å²) in [6.45, 7) is 5.53. The molecule has 0 bridgehead atoms. The molecule has 0 N–H and O–H groups in total. The number of carboxylic acid groups (broad SMARTS) is 1. The molecule has 1 aromatic carbocycles. The first kappa shape index (κ1) is 16.4. The predicted octanol–water partition coefficient (Wildman–Crippen LogP) is 3.34. The molecule has 0 heterocycles. The maximum Gasteiger partial charge on any atom is 0.419 e. The smallest absolute Gasteiger partial charge is 0.419 e. The summed E-state index contributed by atoms with van der Waals surface area (Å²) < 4.78 is 45.0. The van der Waals surface area contributed by atoms with Gasteiger partial charge in [0.05, 0.1) is 11.5 Å². The number of alkyl halides is 3. The van der Waals surface area contributed by atoms with Gasteiger partial charge in [-0.3, -0.25) is 0 Å². The molecular weight excluding hydrogens is 297 g/mol. The summed E-state index contributed by atoms with van der Waals surface area (Å²) in [5.74, 6) is -2.03. The molecule has 0 radical (unpaired) electrons. The Morgan fingerprint density at radius 2 is 1.91 bits per heavy atom. The monoisotopic (exact) mass is 313 g/mol. The summed E-state index contributed by atoms with van der Waals surface area (Å²) >= 11 is 0. The molecule has 0 aromatic heterocycles. The zero-order valence-electron chi connectivity index (χ0n) is 12.1. The van der Waals surface area contributed by atoms with Gasteiger partial charge in [0.25, 0.3) is 0 Å². The van der Waals surface area contributed by atoms with Crippen LogP contribution in [0, 0.1) is 0 Å². The third-order valence-corrected chi connectivity index (χ3v) is 4.02. The maximum atomic E-state index is 13.1. The number of carbonyl (C=O) groups excluding carboxylic acids is 1. The number of ether oxygens (including phenoxy) is 1. The molecular formula is C16H16F3O3-. The van der Waals surface area contributed by atoms with E-state index in [2.05, 4.69) is 6.58 Å². The molecule has 0 saturated heterocycles. The van der Waals surface area contributed by atoms with Crippen LogP contribution >= 0.6 is 0 Å². The summed E-state index contributed by atoms with van der Waals surface area (Å²) in [5.41, 5.74) is -1.58. The first-order chi connectivity index (χ1) is 10.2. The molecule has 1 fully saturated rings. The number of benzene rings is 1. The lowest BCUT2D eigenvalue weighted by atomic mass is 9.93. The van der Waals surface area contributed by atoms with E-state index in [9.17, 15) is 23.1 Å². The Hall–Kier alpha value is -1.98. The molecule has 22 heavy (non-hydrogen) atoms. The van der Waals surface area contributed by atoms with E-state index >= 15 is 0 Å². The third kappa shape index (κ3) is 3.10. The van der Waals surface area contributed by atoms with E-state index in [0.29, 0.717) is 24.5 Å². The van der Waals surface area contributed by atoms with E-state index in [1.807, 2.05) is 0 Å². The average Bonchev–Trinajstić information content (AvgIpc) is 2.87. The lowest BCUT2D eigenvalue weighted by Gasteiger charge is -2.32. The minimum Gasteiger partial charge on any atom is -0.545 e. The van der Waals surface area contributed by atoms with Crippen molar-refractivity contribution < 1.29 is 27.8 Å². The fourth-order valence-electron chi connectivity index (χ4n) is 2.74. The second kappa shape index (κ2) is 5.66. The highest BCUT2D eigenvalue weighted by Gasteiger charge is 2.41. The first-order valence-electron chi connectivity index (χ1n) is 6.93. The molecule has 3 nitrogen and oxygen atoms in total. The van der Waals surface area contributed by atoms with E-state index in [-0.39, 0.29) is 5.56 Å². The highest BCUT2D eigenvalue weighted by molar-refractivity contribution is 5.86. The zero-order chi connectivity index (χ0) is 16.5. The van der Waals surface area contributed by atoms with Gasteiger partial charge in [0, 0.05) is 5.56 Å². The van der Waals surface area contributed by atoms with Crippen molar-refractivity contribution in [1.82, 2.24) is 0 Å². The van der Waals surface area contributed by atoms with Crippen LogP contribution in [-0.2, 0) is 6.18 Å². The first-order valence-corrected chi connectivity index (χ1v) is 6.93. The molecule has 1 aliphatic carbocycles. The molecule has 0 unspecified atom stereocenters. The Kier molecular flexibility index (Phi) is 4.22. The number of hydrogen-bond acceptors (Lipinski definition) is 3. The van der Waals surface area contributed by atoms with Crippen LogP contribution < -0.4 is 9.84 Å². The van der Waals surface area contributed by atoms with Gasteiger partial charge in [0.2, 0.25) is 0 Å². The van der Waals surface area contributed by atoms with Crippen LogP contribution in [0.2, 0.25) is 0 Å². The fraction of sp³-hybridized carbons (Fsp3) is 0.438. The number of hydrogen-bond donors (Lipinski definition) is 0. The highest BCUT2D eigenvalue weighted by Crippen LogP contribution is 2.43. The summed E-state index contributed by atoms with van der Waals surface area (Å²) in [5, 5.41) is 10.9. The molecule has 0 atom stereocenters. The molecule has 0 spiro atoms. The fourth-order valence-corrected chi connectivity index (χ4v) is 2.74. The number of halogens is 3. The van der Waals surface area contributed by atoms with Crippen LogP contribution in [0.4, 0.5) is 13.2 Å². The van der Waals surface area contributed by atoms with Crippen LogP contribution in [0.25, 0.3) is 0 Å².